The number of carbonyl (C=O) groups is 1. The van der Waals surface area contributed by atoms with Crippen molar-refractivity contribution in [1.82, 2.24) is 4.98 Å². The molecule has 0 aliphatic heterocycles. The van der Waals surface area contributed by atoms with E-state index in [2.05, 4.69) is 10.3 Å². The fourth-order valence-corrected chi connectivity index (χ4v) is 3.77. The summed E-state index contributed by atoms with van der Waals surface area (Å²) in [5, 5.41) is 3.40. The lowest BCUT2D eigenvalue weighted by Gasteiger charge is -2.11. The highest BCUT2D eigenvalue weighted by molar-refractivity contribution is 7.16. The van der Waals surface area contributed by atoms with E-state index < -0.39 is 0 Å². The van der Waals surface area contributed by atoms with Crippen molar-refractivity contribution in [3.63, 3.8) is 0 Å². The number of benzene rings is 2. The fraction of sp³-hybridized carbons (Fsp3) is 0.273. The molecule has 2 aromatic carbocycles. The highest BCUT2D eigenvalue weighted by atomic mass is 32.1. The first-order chi connectivity index (χ1) is 13.5. The van der Waals surface area contributed by atoms with E-state index in [9.17, 15) is 4.79 Å². The predicted octanol–water partition coefficient (Wildman–Crippen LogP) is 5.15. The fourth-order valence-electron chi connectivity index (χ4n) is 2.91. The van der Waals surface area contributed by atoms with E-state index in [4.69, 9.17) is 9.47 Å². The molecule has 0 bridgehead atoms. The van der Waals surface area contributed by atoms with Gasteiger partial charge in [0.2, 0.25) is 0 Å². The molecule has 0 fully saturated rings. The number of anilines is 1. The van der Waals surface area contributed by atoms with Crippen LogP contribution in [0.3, 0.4) is 0 Å². The van der Waals surface area contributed by atoms with Crippen LogP contribution in [0.25, 0.3) is 11.3 Å². The number of hydrogen-bond acceptors (Lipinski definition) is 5. The highest BCUT2D eigenvalue weighted by Gasteiger charge is 2.13. The number of hydrogen-bond donors (Lipinski definition) is 1. The molecular formula is C22H24N2O3S. The van der Waals surface area contributed by atoms with E-state index in [-0.39, 0.29) is 12.5 Å². The Balaban J connectivity index is 1.65. The Bertz CT molecular complexity index is 944. The van der Waals surface area contributed by atoms with Gasteiger partial charge in [0, 0.05) is 10.4 Å². The average Bonchev–Trinajstić information content (AvgIpc) is 3.02. The number of carbonyl (C=O) groups excluding carboxylic acids is 1. The van der Waals surface area contributed by atoms with E-state index in [0.717, 1.165) is 38.8 Å². The van der Waals surface area contributed by atoms with Gasteiger partial charge >= 0.3 is 0 Å². The first-order valence-corrected chi connectivity index (χ1v) is 9.99. The normalized spacial score (nSPS) is 10.6. The molecular weight excluding hydrogens is 372 g/mol. The van der Waals surface area contributed by atoms with Crippen molar-refractivity contribution < 1.29 is 14.3 Å². The van der Waals surface area contributed by atoms with Crippen LogP contribution in [0.2, 0.25) is 0 Å². The number of aryl methyl sites for hydroxylation is 3. The number of para-hydroxylation sites is 1. The standard InChI is InChI=1S/C22H24N2O3S/c1-5-26-18-11-9-17(10-12-18)20-16(4)28-22(24-20)23-19(25)13-27-21-14(2)7-6-8-15(21)3/h6-12H,5,13H2,1-4H3,(H,23,24,25). The van der Waals surface area contributed by atoms with E-state index in [1.54, 1.807) is 0 Å². The van der Waals surface area contributed by atoms with Gasteiger partial charge in [-0.25, -0.2) is 4.98 Å². The average molecular weight is 397 g/mol. The second-order valence-electron chi connectivity index (χ2n) is 6.44. The van der Waals surface area contributed by atoms with Crippen LogP contribution in [-0.2, 0) is 4.79 Å². The van der Waals surface area contributed by atoms with Crippen LogP contribution in [0.1, 0.15) is 22.9 Å². The summed E-state index contributed by atoms with van der Waals surface area (Å²) >= 11 is 1.45. The number of nitrogens with one attached hydrogen (secondary N) is 1. The van der Waals surface area contributed by atoms with Gasteiger partial charge in [-0.2, -0.15) is 0 Å². The van der Waals surface area contributed by atoms with Crippen molar-refractivity contribution in [1.29, 1.82) is 0 Å². The van der Waals surface area contributed by atoms with Crippen LogP contribution >= 0.6 is 11.3 Å². The van der Waals surface area contributed by atoms with Crippen molar-refractivity contribution in [2.75, 3.05) is 18.5 Å². The van der Waals surface area contributed by atoms with Crippen LogP contribution in [0.4, 0.5) is 5.13 Å². The summed E-state index contributed by atoms with van der Waals surface area (Å²) in [6.07, 6.45) is 0. The van der Waals surface area contributed by atoms with Crippen LogP contribution in [0.5, 0.6) is 11.5 Å². The summed E-state index contributed by atoms with van der Waals surface area (Å²) in [7, 11) is 0. The molecule has 0 spiro atoms. The molecule has 0 aliphatic rings. The van der Waals surface area contributed by atoms with Gasteiger partial charge < -0.3 is 9.47 Å². The SMILES string of the molecule is CCOc1ccc(-c2nc(NC(=O)COc3c(C)cccc3C)sc2C)cc1. The minimum absolute atomic E-state index is 0.0529. The van der Waals surface area contributed by atoms with Gasteiger partial charge in [0.1, 0.15) is 11.5 Å². The number of amides is 1. The van der Waals surface area contributed by atoms with Gasteiger partial charge in [-0.15, -0.1) is 11.3 Å². The molecule has 3 aromatic rings. The maximum Gasteiger partial charge on any atom is 0.264 e. The molecule has 1 heterocycles. The van der Waals surface area contributed by atoms with Gasteiger partial charge in [0.05, 0.1) is 12.3 Å². The van der Waals surface area contributed by atoms with Crippen LogP contribution in [0, 0.1) is 20.8 Å². The van der Waals surface area contributed by atoms with Crippen LogP contribution < -0.4 is 14.8 Å². The van der Waals surface area contributed by atoms with Crippen molar-refractivity contribution in [2.45, 2.75) is 27.7 Å². The molecule has 0 saturated carbocycles. The number of nitrogens with zero attached hydrogens (tertiary/aromatic N) is 1. The van der Waals surface area contributed by atoms with Crippen molar-refractivity contribution in [3.05, 3.63) is 58.5 Å². The molecule has 0 atom stereocenters. The summed E-state index contributed by atoms with van der Waals surface area (Å²) in [6, 6.07) is 13.7. The molecule has 0 unspecified atom stereocenters. The lowest BCUT2D eigenvalue weighted by atomic mass is 10.1. The smallest absolute Gasteiger partial charge is 0.264 e. The molecule has 146 valence electrons. The Kier molecular flexibility index (Phi) is 6.31. The summed E-state index contributed by atoms with van der Waals surface area (Å²) < 4.78 is 11.2. The Labute approximate surface area is 169 Å². The van der Waals surface area contributed by atoms with Crippen molar-refractivity contribution in [2.24, 2.45) is 0 Å². The summed E-state index contributed by atoms with van der Waals surface area (Å²) in [4.78, 5) is 17.9. The van der Waals surface area contributed by atoms with Gasteiger partial charge in [-0.1, -0.05) is 18.2 Å². The van der Waals surface area contributed by atoms with E-state index >= 15 is 0 Å². The third-order valence-corrected chi connectivity index (χ3v) is 5.12. The first kappa shape index (κ1) is 19.9. The monoisotopic (exact) mass is 396 g/mol. The predicted molar refractivity (Wildman–Crippen MR) is 113 cm³/mol. The minimum Gasteiger partial charge on any atom is -0.494 e. The third kappa shape index (κ3) is 4.70. The van der Waals surface area contributed by atoms with E-state index in [0.29, 0.717) is 11.7 Å². The largest absolute Gasteiger partial charge is 0.494 e. The topological polar surface area (TPSA) is 60.5 Å². The second kappa shape index (κ2) is 8.89. The van der Waals surface area contributed by atoms with Crippen molar-refractivity contribution in [3.8, 4) is 22.8 Å². The van der Waals surface area contributed by atoms with Gasteiger partial charge in [-0.05, 0) is 63.1 Å². The number of ether oxygens (including phenoxy) is 2. The first-order valence-electron chi connectivity index (χ1n) is 9.17. The zero-order valence-electron chi connectivity index (χ0n) is 16.5. The molecule has 1 N–H and O–H groups in total. The molecule has 0 aliphatic carbocycles. The summed E-state index contributed by atoms with van der Waals surface area (Å²) in [5.41, 5.74) is 3.87. The lowest BCUT2D eigenvalue weighted by molar-refractivity contribution is -0.118. The maximum absolute atomic E-state index is 12.3. The molecule has 0 saturated heterocycles. The second-order valence-corrected chi connectivity index (χ2v) is 7.64. The molecule has 1 amide bonds. The lowest BCUT2D eigenvalue weighted by Crippen LogP contribution is -2.20. The quantitative estimate of drug-likeness (QED) is 0.600. The molecule has 28 heavy (non-hydrogen) atoms. The zero-order valence-corrected chi connectivity index (χ0v) is 17.4. The Morgan fingerprint density at radius 2 is 1.71 bits per heavy atom. The molecule has 0 radical (unpaired) electrons. The maximum atomic E-state index is 12.3. The summed E-state index contributed by atoms with van der Waals surface area (Å²) in [6.45, 7) is 8.46. The van der Waals surface area contributed by atoms with Gasteiger partial charge in [0.25, 0.3) is 5.91 Å². The molecule has 1 aromatic heterocycles. The molecule has 3 rings (SSSR count). The van der Waals surface area contributed by atoms with E-state index in [1.165, 1.54) is 11.3 Å². The molecule has 5 nitrogen and oxygen atoms in total. The van der Waals surface area contributed by atoms with Gasteiger partial charge in [-0.3, -0.25) is 10.1 Å². The van der Waals surface area contributed by atoms with Crippen molar-refractivity contribution >= 4 is 22.4 Å². The Morgan fingerprint density at radius 1 is 1.04 bits per heavy atom. The summed E-state index contributed by atoms with van der Waals surface area (Å²) in [5.74, 6) is 1.36. The molecule has 6 heteroatoms. The van der Waals surface area contributed by atoms with Crippen LogP contribution in [-0.4, -0.2) is 24.1 Å². The van der Waals surface area contributed by atoms with Crippen LogP contribution in [0.15, 0.2) is 42.5 Å². The Morgan fingerprint density at radius 3 is 2.36 bits per heavy atom. The third-order valence-electron chi connectivity index (χ3n) is 4.24. The highest BCUT2D eigenvalue weighted by Crippen LogP contribution is 2.31. The zero-order chi connectivity index (χ0) is 20.1. The van der Waals surface area contributed by atoms with E-state index in [1.807, 2.05) is 70.2 Å². The number of rotatable bonds is 7. The Hall–Kier alpha value is -2.86. The van der Waals surface area contributed by atoms with Gasteiger partial charge in [0.15, 0.2) is 11.7 Å². The number of aromatic nitrogens is 1. The minimum atomic E-state index is -0.227. The number of thiazole rings is 1.